The summed E-state index contributed by atoms with van der Waals surface area (Å²) in [6.07, 6.45) is 0. The van der Waals surface area contributed by atoms with E-state index in [9.17, 15) is 24.6 Å². The molecule has 0 radical (unpaired) electrons. The molecule has 128 valence electrons. The quantitative estimate of drug-likeness (QED) is 0.406. The maximum Gasteiger partial charge on any atom is 0.352 e. The predicted molar refractivity (Wildman–Crippen MR) is 87.2 cm³/mol. The Balaban J connectivity index is 1.85. The van der Waals surface area contributed by atoms with Crippen LogP contribution in [-0.4, -0.2) is 65.4 Å². The molecule has 2 aliphatic rings. The molecule has 0 spiro atoms. The molecule has 5 N–H and O–H groups in total. The largest absolute Gasteiger partial charge is 0.492 e. The number of rotatable bonds is 5. The number of hydrogen-bond acceptors (Lipinski definition) is 9. The van der Waals surface area contributed by atoms with E-state index in [1.807, 2.05) is 0 Å². The van der Waals surface area contributed by atoms with Crippen LogP contribution in [0.4, 0.5) is 0 Å². The van der Waals surface area contributed by atoms with Gasteiger partial charge >= 0.3 is 11.9 Å². The molecular weight excluding hydrogens is 378 g/mol. The highest BCUT2D eigenvalue weighted by Gasteiger charge is 2.51. The van der Waals surface area contributed by atoms with E-state index in [0.29, 0.717) is 11.3 Å². The monoisotopic (exact) mass is 389 g/mol. The van der Waals surface area contributed by atoms with E-state index in [1.165, 1.54) is 16.7 Å². The summed E-state index contributed by atoms with van der Waals surface area (Å²) < 4.78 is 3.87. The number of nitrogens with zero attached hydrogens (tertiary/aromatic N) is 2. The van der Waals surface area contributed by atoms with Gasteiger partial charge in [-0.3, -0.25) is 9.69 Å². The number of nitrogens with two attached hydrogens (primary N) is 1. The van der Waals surface area contributed by atoms with E-state index in [-0.39, 0.29) is 26.6 Å². The van der Waals surface area contributed by atoms with Crippen molar-refractivity contribution in [3.8, 4) is 5.88 Å². The van der Waals surface area contributed by atoms with Crippen molar-refractivity contribution in [2.75, 3.05) is 11.5 Å². The fourth-order valence-electron chi connectivity index (χ4n) is 2.39. The van der Waals surface area contributed by atoms with Crippen LogP contribution in [0.15, 0.2) is 15.5 Å². The zero-order chi connectivity index (χ0) is 17.6. The molecule has 9 nitrogen and oxygen atoms in total. The summed E-state index contributed by atoms with van der Waals surface area (Å²) in [5.41, 5.74) is 5.78. The lowest BCUT2D eigenvalue weighted by molar-refractivity contribution is -0.147. The van der Waals surface area contributed by atoms with Crippen molar-refractivity contribution >= 4 is 52.9 Å². The second-order valence-corrected chi connectivity index (χ2v) is 8.08. The zero-order valence-electron chi connectivity index (χ0n) is 11.8. The van der Waals surface area contributed by atoms with Crippen LogP contribution in [0.2, 0.25) is 0 Å². The molecule has 2 atom stereocenters. The molecule has 2 aliphatic heterocycles. The number of thioether (sulfide) groups is 2. The fraction of sp³-hybridized carbons (Fsp3) is 0.333. The van der Waals surface area contributed by atoms with Crippen molar-refractivity contribution < 1.29 is 29.7 Å². The molecule has 1 saturated heterocycles. The van der Waals surface area contributed by atoms with Crippen LogP contribution < -0.4 is 5.73 Å². The highest BCUT2D eigenvalue weighted by Crippen LogP contribution is 2.42. The Bertz CT molecular complexity index is 776. The number of hydrogen-bond donors (Lipinski definition) is 4. The third kappa shape index (κ3) is 2.64. The van der Waals surface area contributed by atoms with Gasteiger partial charge in [0.25, 0.3) is 0 Å². The number of carboxylic acids is 2. The zero-order valence-corrected chi connectivity index (χ0v) is 14.3. The maximum atomic E-state index is 11.8. The molecule has 3 rings (SSSR count). The molecule has 3 heterocycles. The highest BCUT2D eigenvalue weighted by atomic mass is 32.2. The summed E-state index contributed by atoms with van der Waals surface area (Å²) >= 11 is 3.26. The van der Waals surface area contributed by atoms with Crippen LogP contribution in [0, 0.1) is 0 Å². The standard InChI is InChI=1S/C12H11N3O6S3/c13-5-8(17)15-6(11(20)21)3(1-22-9(5)15)2-23-12-4(10(18)19)7(16)14-24-12/h5,9H,1-2,13H2,(H,14,16)(H,18,19)(H,20,21)/t5?,9-/m0/s1. The van der Waals surface area contributed by atoms with Crippen LogP contribution in [-0.2, 0) is 9.59 Å². The number of amides is 1. The normalized spacial score (nSPS) is 23.0. The number of carboxylic acid groups (broad SMARTS) is 2. The van der Waals surface area contributed by atoms with Gasteiger partial charge in [-0.25, -0.2) is 9.59 Å². The molecule has 12 heteroatoms. The first-order chi connectivity index (χ1) is 11.3. The van der Waals surface area contributed by atoms with E-state index in [0.717, 1.165) is 23.3 Å². The van der Waals surface area contributed by atoms with Crippen LogP contribution in [0.5, 0.6) is 5.88 Å². The maximum absolute atomic E-state index is 11.8. The van der Waals surface area contributed by atoms with Gasteiger partial charge < -0.3 is 21.1 Å². The number of aromatic carboxylic acids is 1. The minimum Gasteiger partial charge on any atom is -0.492 e. The Morgan fingerprint density at radius 3 is 2.71 bits per heavy atom. The van der Waals surface area contributed by atoms with Crippen LogP contribution >= 0.6 is 35.1 Å². The van der Waals surface area contributed by atoms with Crippen LogP contribution in [0.1, 0.15) is 10.4 Å². The predicted octanol–water partition coefficient (Wildman–Crippen LogP) is 0.220. The second kappa shape index (κ2) is 6.27. The lowest BCUT2D eigenvalue weighted by atomic mass is 10.0. The number of β-lactam (4-membered cyclic amide) rings is 1. The third-order valence-corrected chi connectivity index (χ3v) is 7.06. The Kier molecular flexibility index (Phi) is 4.46. The summed E-state index contributed by atoms with van der Waals surface area (Å²) in [5, 5.41) is 27.6. The van der Waals surface area contributed by atoms with Gasteiger partial charge in [0.05, 0.1) is 4.21 Å². The highest BCUT2D eigenvalue weighted by molar-refractivity contribution is 8.02. The van der Waals surface area contributed by atoms with Crippen molar-refractivity contribution in [3.05, 3.63) is 16.8 Å². The Labute approximate surface area is 147 Å². The van der Waals surface area contributed by atoms with Gasteiger partial charge in [0.1, 0.15) is 22.7 Å². The minimum absolute atomic E-state index is 0.0939. The summed E-state index contributed by atoms with van der Waals surface area (Å²) in [7, 11) is 0. The van der Waals surface area contributed by atoms with E-state index in [2.05, 4.69) is 4.37 Å². The van der Waals surface area contributed by atoms with Crippen molar-refractivity contribution in [2.24, 2.45) is 5.73 Å². The van der Waals surface area contributed by atoms with Gasteiger partial charge in [-0.15, -0.1) is 23.5 Å². The first-order valence-corrected chi connectivity index (χ1v) is 9.34. The molecule has 1 aromatic rings. The summed E-state index contributed by atoms with van der Waals surface area (Å²) in [5.74, 6) is -2.98. The van der Waals surface area contributed by atoms with Crippen molar-refractivity contribution in [2.45, 2.75) is 15.6 Å². The molecule has 1 fully saturated rings. The topological polar surface area (TPSA) is 154 Å². The Morgan fingerprint density at radius 2 is 2.08 bits per heavy atom. The summed E-state index contributed by atoms with van der Waals surface area (Å²) in [4.78, 5) is 35.7. The smallest absolute Gasteiger partial charge is 0.352 e. The summed E-state index contributed by atoms with van der Waals surface area (Å²) in [6, 6.07) is -0.699. The molecule has 0 saturated carbocycles. The number of aromatic hydroxyl groups is 1. The van der Waals surface area contributed by atoms with Crippen LogP contribution in [0.25, 0.3) is 0 Å². The van der Waals surface area contributed by atoms with Gasteiger partial charge in [0.15, 0.2) is 0 Å². The molecular formula is C12H11N3O6S3. The van der Waals surface area contributed by atoms with Gasteiger partial charge in [-0.2, -0.15) is 4.37 Å². The first-order valence-electron chi connectivity index (χ1n) is 6.53. The van der Waals surface area contributed by atoms with Gasteiger partial charge in [0.2, 0.25) is 11.8 Å². The Hall–Kier alpha value is -1.76. The molecule has 0 aliphatic carbocycles. The van der Waals surface area contributed by atoms with Crippen LogP contribution in [0.3, 0.4) is 0 Å². The number of aliphatic carboxylic acids is 1. The number of carbonyl (C=O) groups is 3. The number of fused-ring (bicyclic) bond motifs is 1. The number of aromatic nitrogens is 1. The van der Waals surface area contributed by atoms with E-state index in [1.54, 1.807) is 0 Å². The summed E-state index contributed by atoms with van der Waals surface area (Å²) in [6.45, 7) is 0. The lowest BCUT2D eigenvalue weighted by Gasteiger charge is -2.48. The van der Waals surface area contributed by atoms with Crippen molar-refractivity contribution in [1.82, 2.24) is 9.27 Å². The minimum atomic E-state index is -1.31. The molecule has 24 heavy (non-hydrogen) atoms. The third-order valence-electron chi connectivity index (χ3n) is 3.53. The van der Waals surface area contributed by atoms with Crippen molar-refractivity contribution in [1.29, 1.82) is 0 Å². The molecule has 0 bridgehead atoms. The van der Waals surface area contributed by atoms with E-state index < -0.39 is 29.8 Å². The first kappa shape index (κ1) is 17.1. The molecule has 1 unspecified atom stereocenters. The second-order valence-electron chi connectivity index (χ2n) is 4.96. The number of carbonyl (C=O) groups excluding carboxylic acids is 1. The lowest BCUT2D eigenvalue weighted by Crippen LogP contribution is -2.68. The van der Waals surface area contributed by atoms with Gasteiger partial charge in [-0.05, 0) is 17.1 Å². The average Bonchev–Trinajstić information content (AvgIpc) is 2.91. The molecule has 1 aromatic heterocycles. The van der Waals surface area contributed by atoms with Crippen molar-refractivity contribution in [3.63, 3.8) is 0 Å². The fourth-order valence-corrected chi connectivity index (χ4v) is 5.71. The van der Waals surface area contributed by atoms with Gasteiger partial charge in [0, 0.05) is 11.5 Å². The van der Waals surface area contributed by atoms with Gasteiger partial charge in [-0.1, -0.05) is 0 Å². The van der Waals surface area contributed by atoms with E-state index >= 15 is 0 Å². The SMILES string of the molecule is NC1C(=O)N2C(C(=O)O)=C(CSc3snc(O)c3C(=O)O)CS[C@@H]12. The average molecular weight is 389 g/mol. The molecule has 1 amide bonds. The Morgan fingerprint density at radius 1 is 1.38 bits per heavy atom. The molecule has 0 aromatic carbocycles. The van der Waals surface area contributed by atoms with E-state index in [4.69, 9.17) is 10.8 Å².